The fourth-order valence-corrected chi connectivity index (χ4v) is 7.71. The number of nitriles is 1. The molecule has 9 nitrogen and oxygen atoms in total. The average Bonchev–Trinajstić information content (AvgIpc) is 3.43. The van der Waals surface area contributed by atoms with E-state index in [9.17, 15) is 14.4 Å². The number of halogens is 1. The van der Waals surface area contributed by atoms with Crippen LogP contribution in [0.25, 0.3) is 0 Å². The Kier molecular flexibility index (Phi) is 8.54. The van der Waals surface area contributed by atoms with Gasteiger partial charge in [0, 0.05) is 49.2 Å². The molecule has 11 heteroatoms. The lowest BCUT2D eigenvalue weighted by Gasteiger charge is -2.42. The summed E-state index contributed by atoms with van der Waals surface area (Å²) in [5.41, 5.74) is 6.21. The number of aromatic nitrogens is 2. The molecule has 2 saturated heterocycles. The molecule has 0 unspecified atom stereocenters. The second-order valence-electron chi connectivity index (χ2n) is 11.6. The molecule has 0 aliphatic carbocycles. The van der Waals surface area contributed by atoms with E-state index in [2.05, 4.69) is 52.6 Å². The van der Waals surface area contributed by atoms with Crippen LogP contribution in [-0.4, -0.2) is 89.9 Å². The van der Waals surface area contributed by atoms with Crippen LogP contribution in [0.1, 0.15) is 41.6 Å². The molecule has 4 aliphatic rings. The van der Waals surface area contributed by atoms with Crippen molar-refractivity contribution in [3.63, 3.8) is 0 Å². The van der Waals surface area contributed by atoms with E-state index in [1.807, 2.05) is 11.8 Å². The predicted molar refractivity (Wildman–Crippen MR) is 162 cm³/mol. The number of likely N-dealkylation sites (tertiary alicyclic amines) is 1. The minimum Gasteiger partial charge on any atom is -0.462 e. The lowest BCUT2D eigenvalue weighted by atomic mass is 9.99. The number of piperazine rings is 1. The Bertz CT molecular complexity index is 1400. The van der Waals surface area contributed by atoms with Gasteiger partial charge < -0.3 is 24.3 Å². The molecule has 2 atom stereocenters. The number of likely N-dealkylation sites (N-methyl/N-ethyl adjacent to an activating group) is 1. The summed E-state index contributed by atoms with van der Waals surface area (Å²) in [5.74, 6) is 1.25. The van der Waals surface area contributed by atoms with Crippen molar-refractivity contribution < 1.29 is 13.9 Å². The number of ether oxygens (including phenoxy) is 1. The third-order valence-electron chi connectivity index (χ3n) is 9.04. The monoisotopic (exact) mass is 591 g/mol. The summed E-state index contributed by atoms with van der Waals surface area (Å²) in [5, 5.41) is 9.49. The van der Waals surface area contributed by atoms with Gasteiger partial charge in [0.2, 0.25) is 0 Å². The molecule has 1 aromatic heterocycles. The standard InChI is InChI=1S/C31H38FN7O2S/c1-21(32)30(40)39-15-14-38(17-23(39)8-11-33)29-26-9-13-37(28-7-3-5-22-20-42-16-10-25(22)28)18-27(26)34-31(35-29)41-19-24-6-4-12-36(24)2/h3,5,7,23-24H,1,4,6,8-10,12-20H2,2H3/t23-,24-/m0/s1. The third-order valence-corrected chi connectivity index (χ3v) is 10.1. The van der Waals surface area contributed by atoms with E-state index >= 15 is 0 Å². The van der Waals surface area contributed by atoms with Crippen molar-refractivity contribution >= 4 is 29.2 Å². The smallest absolute Gasteiger partial charge is 0.318 e. The van der Waals surface area contributed by atoms with Crippen molar-refractivity contribution in [3.8, 4) is 12.1 Å². The first-order chi connectivity index (χ1) is 20.4. The number of hydrogen-bond donors (Lipinski definition) is 0. The van der Waals surface area contributed by atoms with Gasteiger partial charge in [-0.05, 0) is 62.2 Å². The number of anilines is 2. The van der Waals surface area contributed by atoms with E-state index in [-0.39, 0.29) is 13.0 Å². The Hall–Kier alpha value is -3.36. The highest BCUT2D eigenvalue weighted by atomic mass is 32.2. The zero-order valence-electron chi connectivity index (χ0n) is 24.2. The van der Waals surface area contributed by atoms with Crippen LogP contribution in [0.3, 0.4) is 0 Å². The zero-order valence-corrected chi connectivity index (χ0v) is 25.0. The SMILES string of the molecule is C=C(F)C(=O)N1CCN(c2nc(OC[C@@H]3CCCN3C)nc3c2CCN(c2cccc4c2CCSC4)C3)C[C@@H]1CC#N. The molecule has 0 N–H and O–H groups in total. The number of carbonyl (C=O) groups is 1. The van der Waals surface area contributed by atoms with Gasteiger partial charge in [-0.25, -0.2) is 4.39 Å². The maximum Gasteiger partial charge on any atom is 0.318 e. The van der Waals surface area contributed by atoms with Crippen molar-refractivity contribution in [1.29, 1.82) is 5.26 Å². The molecule has 2 fully saturated rings. The summed E-state index contributed by atoms with van der Waals surface area (Å²) in [6.45, 7) is 7.44. The third kappa shape index (κ3) is 5.79. The van der Waals surface area contributed by atoms with Crippen LogP contribution in [0.5, 0.6) is 6.01 Å². The fraction of sp³-hybridized carbons (Fsp3) is 0.548. The average molecular weight is 592 g/mol. The van der Waals surface area contributed by atoms with E-state index < -0.39 is 17.8 Å². The lowest BCUT2D eigenvalue weighted by molar-refractivity contribution is -0.131. The molecule has 0 bridgehead atoms. The van der Waals surface area contributed by atoms with Crippen molar-refractivity contribution in [2.45, 2.75) is 56.5 Å². The van der Waals surface area contributed by atoms with Crippen LogP contribution in [0, 0.1) is 11.3 Å². The van der Waals surface area contributed by atoms with Gasteiger partial charge in [0.05, 0.1) is 30.8 Å². The minimum atomic E-state index is -1.000. The molecule has 1 aromatic carbocycles. The molecular formula is C31H38FN7O2S. The Morgan fingerprint density at radius 3 is 2.83 bits per heavy atom. The quantitative estimate of drug-likeness (QED) is 0.447. The summed E-state index contributed by atoms with van der Waals surface area (Å²) in [6.07, 6.45) is 4.20. The van der Waals surface area contributed by atoms with Crippen molar-refractivity contribution in [1.82, 2.24) is 19.8 Å². The van der Waals surface area contributed by atoms with Crippen molar-refractivity contribution in [3.05, 3.63) is 53.0 Å². The summed E-state index contributed by atoms with van der Waals surface area (Å²) in [4.78, 5) is 30.7. The molecule has 0 spiro atoms. The van der Waals surface area contributed by atoms with E-state index in [0.29, 0.717) is 38.3 Å². The number of carbonyl (C=O) groups excluding carboxylic acids is 1. The van der Waals surface area contributed by atoms with Gasteiger partial charge in [0.1, 0.15) is 12.4 Å². The largest absolute Gasteiger partial charge is 0.462 e. The van der Waals surface area contributed by atoms with Gasteiger partial charge in [0.25, 0.3) is 5.91 Å². The number of thioether (sulfide) groups is 1. The molecule has 222 valence electrons. The summed E-state index contributed by atoms with van der Waals surface area (Å²) in [6, 6.07) is 9.05. The van der Waals surface area contributed by atoms with Gasteiger partial charge >= 0.3 is 6.01 Å². The highest BCUT2D eigenvalue weighted by Crippen LogP contribution is 2.37. The number of nitrogens with zero attached hydrogens (tertiary/aromatic N) is 7. The summed E-state index contributed by atoms with van der Waals surface area (Å²) < 4.78 is 20.0. The minimum absolute atomic E-state index is 0.103. The second kappa shape index (κ2) is 12.5. The first-order valence-corrected chi connectivity index (χ1v) is 16.0. The Morgan fingerprint density at radius 2 is 2.05 bits per heavy atom. The van der Waals surface area contributed by atoms with E-state index in [4.69, 9.17) is 14.7 Å². The van der Waals surface area contributed by atoms with Gasteiger partial charge in [-0.15, -0.1) is 0 Å². The number of amides is 1. The van der Waals surface area contributed by atoms with Crippen LogP contribution in [-0.2, 0) is 29.9 Å². The van der Waals surface area contributed by atoms with Crippen LogP contribution in [0.2, 0.25) is 0 Å². The van der Waals surface area contributed by atoms with Crippen LogP contribution < -0.4 is 14.5 Å². The van der Waals surface area contributed by atoms with Crippen molar-refractivity contribution in [2.75, 3.05) is 61.9 Å². The maximum atomic E-state index is 13.8. The Labute approximate surface area is 251 Å². The van der Waals surface area contributed by atoms with Gasteiger partial charge in [-0.3, -0.25) is 4.79 Å². The maximum absolute atomic E-state index is 13.8. The summed E-state index contributed by atoms with van der Waals surface area (Å²) in [7, 11) is 2.12. The van der Waals surface area contributed by atoms with E-state index in [0.717, 1.165) is 67.4 Å². The Morgan fingerprint density at radius 1 is 1.17 bits per heavy atom. The van der Waals surface area contributed by atoms with Crippen LogP contribution >= 0.6 is 11.8 Å². The predicted octanol–water partition coefficient (Wildman–Crippen LogP) is 3.72. The number of fused-ring (bicyclic) bond motifs is 2. The van der Waals surface area contributed by atoms with E-state index in [1.54, 1.807) is 0 Å². The van der Waals surface area contributed by atoms with E-state index in [1.165, 1.54) is 21.7 Å². The number of benzene rings is 1. The second-order valence-corrected chi connectivity index (χ2v) is 12.7. The first kappa shape index (κ1) is 28.7. The first-order valence-electron chi connectivity index (χ1n) is 14.9. The molecule has 0 saturated carbocycles. The Balaban J connectivity index is 1.31. The molecule has 42 heavy (non-hydrogen) atoms. The van der Waals surface area contributed by atoms with Crippen LogP contribution in [0.15, 0.2) is 30.6 Å². The molecular weight excluding hydrogens is 553 g/mol. The number of hydrogen-bond acceptors (Lipinski definition) is 9. The zero-order chi connectivity index (χ0) is 29.2. The molecule has 5 heterocycles. The molecule has 0 radical (unpaired) electrons. The van der Waals surface area contributed by atoms with Gasteiger partial charge in [0.15, 0.2) is 5.83 Å². The molecule has 6 rings (SSSR count). The summed E-state index contributed by atoms with van der Waals surface area (Å²) >= 11 is 1.99. The lowest BCUT2D eigenvalue weighted by Crippen LogP contribution is -2.55. The molecule has 4 aliphatic heterocycles. The fourth-order valence-electron chi connectivity index (χ4n) is 6.73. The molecule has 1 amide bonds. The van der Waals surface area contributed by atoms with Crippen LogP contribution in [0.4, 0.5) is 15.9 Å². The normalized spacial score (nSPS) is 22.4. The molecule has 2 aromatic rings. The van der Waals surface area contributed by atoms with Gasteiger partial charge in [-0.1, -0.05) is 18.7 Å². The van der Waals surface area contributed by atoms with Crippen molar-refractivity contribution in [2.24, 2.45) is 0 Å². The topological polar surface area (TPSA) is 88.8 Å². The number of rotatable bonds is 7. The van der Waals surface area contributed by atoms with Gasteiger partial charge in [-0.2, -0.15) is 27.0 Å². The highest BCUT2D eigenvalue weighted by Gasteiger charge is 2.35. The highest BCUT2D eigenvalue weighted by molar-refractivity contribution is 7.98.